The van der Waals surface area contributed by atoms with Crippen molar-refractivity contribution in [1.82, 2.24) is 8.87 Å². The molecule has 6 nitrogen and oxygen atoms in total. The number of benzene rings is 2. The van der Waals surface area contributed by atoms with E-state index in [1.54, 1.807) is 18.2 Å². The molecule has 0 spiro atoms. The lowest BCUT2D eigenvalue weighted by Gasteiger charge is -2.37. The second kappa shape index (κ2) is 8.16. The first-order valence-electron chi connectivity index (χ1n) is 9.31. The molecule has 2 heterocycles. The molecule has 31 heavy (non-hydrogen) atoms. The van der Waals surface area contributed by atoms with Crippen LogP contribution in [0.3, 0.4) is 0 Å². The van der Waals surface area contributed by atoms with Crippen LogP contribution < -0.4 is 4.90 Å². The molecule has 3 aromatic rings. The fraction of sp³-hybridized carbons (Fsp3) is 0.250. The van der Waals surface area contributed by atoms with E-state index in [2.05, 4.69) is 4.90 Å². The van der Waals surface area contributed by atoms with E-state index in [9.17, 15) is 17.6 Å². The summed E-state index contributed by atoms with van der Waals surface area (Å²) in [6.07, 6.45) is 1.41. The maximum atomic E-state index is 14.1. The van der Waals surface area contributed by atoms with Gasteiger partial charge in [0.25, 0.3) is 19.7 Å². The van der Waals surface area contributed by atoms with Crippen molar-refractivity contribution < 1.29 is 17.6 Å². The van der Waals surface area contributed by atoms with Gasteiger partial charge >= 0.3 is 0 Å². The van der Waals surface area contributed by atoms with Crippen molar-refractivity contribution in [3.05, 3.63) is 60.5 Å². The van der Waals surface area contributed by atoms with Crippen molar-refractivity contribution in [1.29, 1.82) is 0 Å². The Morgan fingerprint density at radius 3 is 2.29 bits per heavy atom. The van der Waals surface area contributed by atoms with Gasteiger partial charge in [0.2, 0.25) is 0 Å². The lowest BCUT2D eigenvalue weighted by Crippen LogP contribution is -2.51. The van der Waals surface area contributed by atoms with E-state index in [4.69, 9.17) is 34.8 Å². The summed E-state index contributed by atoms with van der Waals surface area (Å²) < 4.78 is 39.1. The van der Waals surface area contributed by atoms with Crippen LogP contribution in [0.25, 0.3) is 10.9 Å². The van der Waals surface area contributed by atoms with E-state index >= 15 is 0 Å². The maximum absolute atomic E-state index is 14.1. The highest BCUT2D eigenvalue weighted by Gasteiger charge is 2.36. The first-order valence-corrected chi connectivity index (χ1v) is 11.9. The molecule has 1 amide bonds. The fourth-order valence-electron chi connectivity index (χ4n) is 3.62. The van der Waals surface area contributed by atoms with Crippen LogP contribution in [0.4, 0.5) is 10.1 Å². The molecule has 11 heteroatoms. The van der Waals surface area contributed by atoms with E-state index in [1.165, 1.54) is 29.3 Å². The molecule has 0 N–H and O–H groups in total. The standard InChI is InChI=1S/C20H17Cl3FN3O3S/c21-20(22,23)19(28)26-11-9-25(10-12-26)15-5-6-17-14(13-15)7-8-27(17)31(29,30)18-4-2-1-3-16(18)24/h1-8,13H,9-12H2. The Hall–Kier alpha value is -2.00. The van der Waals surface area contributed by atoms with Gasteiger partial charge < -0.3 is 9.80 Å². The molecule has 0 aliphatic carbocycles. The van der Waals surface area contributed by atoms with Crippen molar-refractivity contribution in [2.75, 3.05) is 31.1 Å². The van der Waals surface area contributed by atoms with Gasteiger partial charge in [0.05, 0.1) is 5.52 Å². The molecule has 1 aromatic heterocycles. The van der Waals surface area contributed by atoms with Gasteiger partial charge in [0.15, 0.2) is 0 Å². The van der Waals surface area contributed by atoms with Crippen molar-refractivity contribution in [3.8, 4) is 0 Å². The molecule has 4 rings (SSSR count). The predicted molar refractivity (Wildman–Crippen MR) is 120 cm³/mol. The zero-order valence-corrected chi connectivity index (χ0v) is 19.1. The Kier molecular flexibility index (Phi) is 5.85. The smallest absolute Gasteiger partial charge is 0.274 e. The van der Waals surface area contributed by atoms with Gasteiger partial charge in [0, 0.05) is 43.4 Å². The zero-order valence-electron chi connectivity index (χ0n) is 16.0. The molecule has 1 aliphatic heterocycles. The van der Waals surface area contributed by atoms with Crippen LogP contribution in [0.1, 0.15) is 0 Å². The Labute approximate surface area is 193 Å². The molecule has 164 valence electrons. The van der Waals surface area contributed by atoms with E-state index in [1.807, 2.05) is 6.07 Å². The van der Waals surface area contributed by atoms with Crippen molar-refractivity contribution in [2.45, 2.75) is 8.69 Å². The summed E-state index contributed by atoms with van der Waals surface area (Å²) in [6, 6.07) is 12.3. The van der Waals surface area contributed by atoms with Crippen molar-refractivity contribution in [2.24, 2.45) is 0 Å². The summed E-state index contributed by atoms with van der Waals surface area (Å²) in [7, 11) is -4.08. The number of anilines is 1. The van der Waals surface area contributed by atoms with Crippen LogP contribution in [0, 0.1) is 5.82 Å². The number of nitrogens with zero attached hydrogens (tertiary/aromatic N) is 3. The Morgan fingerprint density at radius 2 is 1.65 bits per heavy atom. The Bertz CT molecular complexity index is 1250. The van der Waals surface area contributed by atoms with Gasteiger partial charge in [-0.1, -0.05) is 46.9 Å². The normalized spacial score (nSPS) is 15.5. The molecule has 1 aliphatic rings. The summed E-state index contributed by atoms with van der Waals surface area (Å²) in [6.45, 7) is 1.86. The number of rotatable bonds is 3. The first-order chi connectivity index (χ1) is 14.6. The van der Waals surface area contributed by atoms with E-state index in [0.29, 0.717) is 37.1 Å². The minimum absolute atomic E-state index is 0.383. The van der Waals surface area contributed by atoms with Gasteiger partial charge in [-0.3, -0.25) is 4.79 Å². The third-order valence-corrected chi connectivity index (χ3v) is 7.39. The second-order valence-electron chi connectivity index (χ2n) is 7.07. The number of hydrogen-bond donors (Lipinski definition) is 0. The number of hydrogen-bond acceptors (Lipinski definition) is 4. The van der Waals surface area contributed by atoms with Gasteiger partial charge in [0.1, 0.15) is 10.7 Å². The summed E-state index contributed by atoms with van der Waals surface area (Å²) in [5, 5.41) is 0.692. The Balaban J connectivity index is 1.58. The lowest BCUT2D eigenvalue weighted by atomic mass is 10.2. The highest BCUT2D eigenvalue weighted by Crippen LogP contribution is 2.31. The largest absolute Gasteiger partial charge is 0.368 e. The number of halogens is 4. The number of aromatic nitrogens is 1. The number of fused-ring (bicyclic) bond motifs is 1. The van der Waals surface area contributed by atoms with Gasteiger partial charge in [-0.05, 0) is 36.4 Å². The average molecular weight is 505 g/mol. The number of amides is 1. The van der Waals surface area contributed by atoms with Crippen LogP contribution in [0.15, 0.2) is 59.6 Å². The van der Waals surface area contributed by atoms with Crippen LogP contribution in [0.2, 0.25) is 0 Å². The monoisotopic (exact) mass is 503 g/mol. The van der Waals surface area contributed by atoms with Gasteiger partial charge in [-0.2, -0.15) is 0 Å². The quantitative estimate of drug-likeness (QED) is 0.505. The highest BCUT2D eigenvalue weighted by molar-refractivity contribution is 7.90. The highest BCUT2D eigenvalue weighted by atomic mass is 35.6. The maximum Gasteiger partial charge on any atom is 0.274 e. The second-order valence-corrected chi connectivity index (χ2v) is 11.1. The first kappa shape index (κ1) is 22.2. The molecule has 0 radical (unpaired) electrons. The molecular formula is C20H17Cl3FN3O3S. The van der Waals surface area contributed by atoms with Crippen LogP contribution in [-0.2, 0) is 14.8 Å². The van der Waals surface area contributed by atoms with E-state index in [-0.39, 0.29) is 4.90 Å². The zero-order chi connectivity index (χ0) is 22.4. The SMILES string of the molecule is O=C(N1CCN(c2ccc3c(ccn3S(=O)(=O)c3ccccc3F)c2)CC1)C(Cl)(Cl)Cl. The van der Waals surface area contributed by atoms with Gasteiger partial charge in [-0.25, -0.2) is 16.8 Å². The summed E-state index contributed by atoms with van der Waals surface area (Å²) >= 11 is 17.0. The minimum Gasteiger partial charge on any atom is -0.368 e. The summed E-state index contributed by atoms with van der Waals surface area (Å²) in [5.74, 6) is -1.36. The summed E-state index contributed by atoms with van der Waals surface area (Å²) in [4.78, 5) is 15.3. The van der Waals surface area contributed by atoms with Crippen molar-refractivity contribution in [3.63, 3.8) is 0 Å². The molecule has 1 fully saturated rings. The van der Waals surface area contributed by atoms with E-state index < -0.39 is 25.5 Å². The molecule has 0 unspecified atom stereocenters. The third kappa shape index (κ3) is 4.22. The summed E-state index contributed by atoms with van der Waals surface area (Å²) in [5.41, 5.74) is 1.31. The molecule has 0 bridgehead atoms. The fourth-order valence-corrected chi connectivity index (χ4v) is 5.40. The molecule has 0 saturated carbocycles. The molecule has 2 aromatic carbocycles. The van der Waals surface area contributed by atoms with Crippen LogP contribution in [-0.4, -0.2) is 53.2 Å². The number of piperazine rings is 1. The lowest BCUT2D eigenvalue weighted by molar-refractivity contribution is -0.130. The van der Waals surface area contributed by atoms with Crippen molar-refractivity contribution >= 4 is 67.3 Å². The average Bonchev–Trinajstić information content (AvgIpc) is 3.17. The topological polar surface area (TPSA) is 62.6 Å². The predicted octanol–water partition coefficient (Wildman–Crippen LogP) is 4.04. The third-order valence-electron chi connectivity index (χ3n) is 5.19. The van der Waals surface area contributed by atoms with Gasteiger partial charge in [-0.15, -0.1) is 0 Å². The number of carbonyl (C=O) groups is 1. The van der Waals surface area contributed by atoms with Crippen LogP contribution >= 0.6 is 34.8 Å². The number of alkyl halides is 3. The molecular weight excluding hydrogens is 488 g/mol. The minimum atomic E-state index is -4.08. The molecule has 0 atom stereocenters. The molecule has 1 saturated heterocycles. The van der Waals surface area contributed by atoms with E-state index in [0.717, 1.165) is 15.7 Å². The number of carbonyl (C=O) groups excluding carboxylic acids is 1. The van der Waals surface area contributed by atoms with Crippen LogP contribution in [0.5, 0.6) is 0 Å². The Morgan fingerprint density at radius 1 is 0.968 bits per heavy atom.